The Hall–Kier alpha value is -2.72. The molecule has 0 spiro atoms. The van der Waals surface area contributed by atoms with Gasteiger partial charge in [-0.1, -0.05) is 49.5 Å². The van der Waals surface area contributed by atoms with Gasteiger partial charge in [0.05, 0.1) is 17.6 Å². The summed E-state index contributed by atoms with van der Waals surface area (Å²) in [6.45, 7) is 12.5. The first kappa shape index (κ1) is 29.4. The monoisotopic (exact) mass is 606 g/mol. The Balaban J connectivity index is 1.14. The number of piperidine rings is 1. The number of para-hydroxylation sites is 1. The highest BCUT2D eigenvalue weighted by Crippen LogP contribution is 2.45. The topological polar surface area (TPSA) is 62.8 Å². The molecule has 0 bridgehead atoms. The van der Waals surface area contributed by atoms with Gasteiger partial charge in [-0.25, -0.2) is 4.98 Å². The molecule has 6 rings (SSSR count). The summed E-state index contributed by atoms with van der Waals surface area (Å²) in [5.41, 5.74) is 7.15. The summed E-state index contributed by atoms with van der Waals surface area (Å²) in [4.78, 5) is 17.0. The number of anilines is 6. The average molecular weight is 607 g/mol. The second-order valence-corrected chi connectivity index (χ2v) is 13.0. The molecule has 1 aromatic heterocycles. The Bertz CT molecular complexity index is 1390. The predicted octanol–water partition coefficient (Wildman–Crippen LogP) is 6.60. The fraction of sp³-hybridized carbons (Fsp3) is 0.500. The summed E-state index contributed by atoms with van der Waals surface area (Å²) in [7, 11) is 2.23. The maximum absolute atomic E-state index is 6.59. The van der Waals surface area contributed by atoms with E-state index >= 15 is 0 Å². The van der Waals surface area contributed by atoms with E-state index in [4.69, 9.17) is 16.6 Å². The number of hydrogen-bond acceptors (Lipinski definition) is 9. The molecule has 42 heavy (non-hydrogen) atoms. The molecule has 2 aromatic carbocycles. The van der Waals surface area contributed by atoms with Crippen molar-refractivity contribution in [2.24, 2.45) is 0 Å². The molecular formula is C32H43ClN8S. The third-order valence-corrected chi connectivity index (χ3v) is 10.2. The van der Waals surface area contributed by atoms with Gasteiger partial charge in [0, 0.05) is 75.4 Å². The predicted molar refractivity (Wildman–Crippen MR) is 179 cm³/mol. The van der Waals surface area contributed by atoms with E-state index in [1.807, 2.05) is 0 Å². The van der Waals surface area contributed by atoms with Crippen LogP contribution in [0.1, 0.15) is 43.7 Å². The molecule has 8 nitrogen and oxygen atoms in total. The lowest BCUT2D eigenvalue weighted by atomic mass is 10.0. The van der Waals surface area contributed by atoms with Gasteiger partial charge in [-0.2, -0.15) is 4.98 Å². The van der Waals surface area contributed by atoms with Crippen LogP contribution in [0.15, 0.2) is 42.6 Å². The summed E-state index contributed by atoms with van der Waals surface area (Å²) in [5, 5.41) is 7.47. The Morgan fingerprint density at radius 1 is 1.00 bits per heavy atom. The largest absolute Gasteiger partial charge is 0.371 e. The minimum absolute atomic E-state index is 0.478. The summed E-state index contributed by atoms with van der Waals surface area (Å²) < 4.78 is 2.33. The highest BCUT2D eigenvalue weighted by Gasteiger charge is 2.29. The smallest absolute Gasteiger partial charge is 0.229 e. The normalized spacial score (nSPS) is 20.2. The molecule has 4 heterocycles. The van der Waals surface area contributed by atoms with Gasteiger partial charge < -0.3 is 24.7 Å². The van der Waals surface area contributed by atoms with Crippen LogP contribution in [0, 0.1) is 0 Å². The van der Waals surface area contributed by atoms with Crippen molar-refractivity contribution in [1.29, 1.82) is 0 Å². The molecule has 0 amide bonds. The van der Waals surface area contributed by atoms with E-state index < -0.39 is 0 Å². The molecule has 3 aromatic rings. The van der Waals surface area contributed by atoms with Gasteiger partial charge in [0.25, 0.3) is 0 Å². The lowest BCUT2D eigenvalue weighted by Gasteiger charge is -2.42. The Kier molecular flexibility index (Phi) is 9.00. The first-order valence-electron chi connectivity index (χ1n) is 15.2. The molecule has 0 aliphatic carbocycles. The zero-order valence-corrected chi connectivity index (χ0v) is 26.8. The number of benzene rings is 2. The van der Waals surface area contributed by atoms with Crippen molar-refractivity contribution in [3.05, 3.63) is 58.7 Å². The molecule has 1 unspecified atom stereocenters. The molecule has 10 heteroatoms. The number of hydrogen-bond donors (Lipinski definition) is 2. The zero-order chi connectivity index (χ0) is 29.2. The molecule has 2 N–H and O–H groups in total. The van der Waals surface area contributed by atoms with E-state index in [0.717, 1.165) is 43.5 Å². The molecule has 0 radical (unpaired) electrons. The molecule has 224 valence electrons. The van der Waals surface area contributed by atoms with Crippen LogP contribution in [0.2, 0.25) is 5.02 Å². The SMILES string of the molecule is CCc1cc(N2CCC(N3CCN(C)CC3)CC2)ccc1Nc1ncc(Cl)c(Nc2cccc3c2N(SC)CC3C)n1. The highest BCUT2D eigenvalue weighted by atomic mass is 35.5. The molecule has 2 saturated heterocycles. The Morgan fingerprint density at radius 2 is 1.79 bits per heavy atom. The van der Waals surface area contributed by atoms with Gasteiger partial charge in [0.1, 0.15) is 5.02 Å². The zero-order valence-electron chi connectivity index (χ0n) is 25.2. The number of fused-ring (bicyclic) bond motifs is 1. The van der Waals surface area contributed by atoms with Gasteiger partial charge in [-0.15, -0.1) is 0 Å². The highest BCUT2D eigenvalue weighted by molar-refractivity contribution is 8.00. The van der Waals surface area contributed by atoms with E-state index in [-0.39, 0.29) is 0 Å². The van der Waals surface area contributed by atoms with Crippen molar-refractivity contribution >= 4 is 58.1 Å². The number of piperazine rings is 1. The number of likely N-dealkylation sites (N-methyl/N-ethyl adjacent to an activating group) is 1. The van der Waals surface area contributed by atoms with E-state index in [1.54, 1.807) is 18.1 Å². The van der Waals surface area contributed by atoms with Crippen LogP contribution in [0.3, 0.4) is 0 Å². The summed E-state index contributed by atoms with van der Waals surface area (Å²) in [6, 6.07) is 13.9. The second-order valence-electron chi connectivity index (χ2n) is 11.8. The number of nitrogens with one attached hydrogen (secondary N) is 2. The molecule has 2 fully saturated rings. The maximum Gasteiger partial charge on any atom is 0.229 e. The fourth-order valence-electron chi connectivity index (χ4n) is 6.57. The molecule has 3 aliphatic heterocycles. The fourth-order valence-corrected chi connectivity index (χ4v) is 7.47. The van der Waals surface area contributed by atoms with Gasteiger partial charge in [0.15, 0.2) is 5.82 Å². The van der Waals surface area contributed by atoms with E-state index in [1.165, 1.54) is 61.5 Å². The number of halogens is 1. The molecule has 0 saturated carbocycles. The molecular weight excluding hydrogens is 564 g/mol. The minimum Gasteiger partial charge on any atom is -0.371 e. The summed E-state index contributed by atoms with van der Waals surface area (Å²) >= 11 is 8.33. The van der Waals surface area contributed by atoms with Crippen molar-refractivity contribution in [1.82, 2.24) is 19.8 Å². The molecule has 3 aliphatic rings. The lowest BCUT2D eigenvalue weighted by molar-refractivity contribution is 0.0982. The van der Waals surface area contributed by atoms with E-state index in [0.29, 0.717) is 22.7 Å². The minimum atomic E-state index is 0.478. The van der Waals surface area contributed by atoms with Crippen LogP contribution >= 0.6 is 23.5 Å². The third kappa shape index (κ3) is 6.16. The van der Waals surface area contributed by atoms with Gasteiger partial charge in [-0.3, -0.25) is 4.90 Å². The standard InChI is InChI=1S/C32H43ClN8S/c1-5-23-19-25(39-13-11-24(12-14-39)40-17-15-38(3)16-18-40)9-10-28(23)36-32-34-20-27(33)31(37-32)35-29-8-6-7-26-22(2)21-41(42-4)30(26)29/h6-10,19-20,22,24H,5,11-18,21H2,1-4H3,(H2,34,35,36,37). The van der Waals surface area contributed by atoms with E-state index in [9.17, 15) is 0 Å². The van der Waals surface area contributed by atoms with Crippen molar-refractivity contribution in [2.45, 2.75) is 45.1 Å². The van der Waals surface area contributed by atoms with Gasteiger partial charge >= 0.3 is 0 Å². The van der Waals surface area contributed by atoms with Crippen molar-refractivity contribution in [3.63, 3.8) is 0 Å². The van der Waals surface area contributed by atoms with Gasteiger partial charge in [-0.05, 0) is 61.7 Å². The number of nitrogens with zero attached hydrogens (tertiary/aromatic N) is 6. The summed E-state index contributed by atoms with van der Waals surface area (Å²) in [6.07, 6.45) is 7.18. The Morgan fingerprint density at radius 3 is 2.52 bits per heavy atom. The van der Waals surface area contributed by atoms with Crippen molar-refractivity contribution < 1.29 is 0 Å². The molecule has 1 atom stereocenters. The third-order valence-electron chi connectivity index (χ3n) is 9.10. The van der Waals surface area contributed by atoms with Gasteiger partial charge in [0.2, 0.25) is 5.95 Å². The second kappa shape index (κ2) is 12.9. The van der Waals surface area contributed by atoms with Crippen LogP contribution in [0.5, 0.6) is 0 Å². The first-order valence-corrected chi connectivity index (χ1v) is 16.8. The van der Waals surface area contributed by atoms with Crippen molar-refractivity contribution in [2.75, 3.05) is 79.0 Å². The maximum atomic E-state index is 6.59. The van der Waals surface area contributed by atoms with Crippen LogP contribution in [-0.2, 0) is 6.42 Å². The number of aryl methyl sites for hydroxylation is 1. The van der Waals surface area contributed by atoms with Crippen LogP contribution in [0.4, 0.5) is 34.5 Å². The number of rotatable bonds is 8. The number of aromatic nitrogens is 2. The summed E-state index contributed by atoms with van der Waals surface area (Å²) in [5.74, 6) is 1.60. The Labute approximate surface area is 260 Å². The lowest BCUT2D eigenvalue weighted by Crippen LogP contribution is -2.52. The van der Waals surface area contributed by atoms with Crippen LogP contribution in [-0.4, -0.2) is 84.9 Å². The van der Waals surface area contributed by atoms with E-state index in [2.05, 4.69) is 98.2 Å². The quantitative estimate of drug-likeness (QED) is 0.276. The van der Waals surface area contributed by atoms with Crippen LogP contribution < -0.4 is 19.8 Å². The average Bonchev–Trinajstić information content (AvgIpc) is 3.36. The first-order chi connectivity index (χ1) is 20.4. The van der Waals surface area contributed by atoms with Crippen molar-refractivity contribution in [3.8, 4) is 0 Å². The van der Waals surface area contributed by atoms with Crippen LogP contribution in [0.25, 0.3) is 0 Å².